The molecule has 1 heterocycles. The van der Waals surface area contributed by atoms with Crippen LogP contribution >= 0.6 is 11.6 Å². The number of primary amides is 1. The number of fused-ring (bicyclic) bond motifs is 1. The summed E-state index contributed by atoms with van der Waals surface area (Å²) in [5, 5.41) is 6.97. The van der Waals surface area contributed by atoms with Crippen LogP contribution < -0.4 is 11.1 Å². The largest absolute Gasteiger partial charge is 0.465 e. The first-order chi connectivity index (χ1) is 17.0. The molecule has 0 radical (unpaired) electrons. The molecule has 0 aliphatic carbocycles. The molecule has 0 aliphatic rings. The minimum Gasteiger partial charge on any atom is -0.465 e. The van der Waals surface area contributed by atoms with Crippen LogP contribution in [0.2, 0.25) is 5.02 Å². The number of benzene rings is 2. The van der Waals surface area contributed by atoms with Gasteiger partial charge in [-0.25, -0.2) is 9.18 Å². The molecule has 10 nitrogen and oxygen atoms in total. The number of aromatic nitrogens is 2. The van der Waals surface area contributed by atoms with Crippen molar-refractivity contribution in [2.45, 2.75) is 33.0 Å². The molecule has 0 atom stereocenters. The number of carbonyl (C=O) groups is 4. The van der Waals surface area contributed by atoms with Gasteiger partial charge in [0.1, 0.15) is 12.4 Å². The van der Waals surface area contributed by atoms with Gasteiger partial charge in [0.2, 0.25) is 11.8 Å². The number of hydrogen-bond donors (Lipinski definition) is 2. The summed E-state index contributed by atoms with van der Waals surface area (Å²) in [6.07, 6.45) is 0. The Kier molecular flexibility index (Phi) is 8.25. The van der Waals surface area contributed by atoms with Crippen molar-refractivity contribution in [2.24, 2.45) is 5.73 Å². The van der Waals surface area contributed by atoms with E-state index in [4.69, 9.17) is 22.1 Å². The minimum atomic E-state index is -0.832. The number of halogens is 2. The van der Waals surface area contributed by atoms with E-state index >= 15 is 0 Å². The molecule has 0 bridgehead atoms. The first-order valence-electron chi connectivity index (χ1n) is 10.9. The van der Waals surface area contributed by atoms with Crippen molar-refractivity contribution in [1.82, 2.24) is 20.0 Å². The van der Waals surface area contributed by atoms with E-state index in [2.05, 4.69) is 10.4 Å². The second-order valence-corrected chi connectivity index (χ2v) is 8.61. The smallest absolute Gasteiger partial charge is 0.337 e. The highest BCUT2D eigenvalue weighted by Crippen LogP contribution is 2.21. The Morgan fingerprint density at radius 1 is 1.22 bits per heavy atom. The monoisotopic (exact) mass is 517 g/mol. The number of hydrogen-bond acceptors (Lipinski definition) is 6. The Labute approximate surface area is 211 Å². The quantitative estimate of drug-likeness (QED) is 0.418. The number of amides is 3. The van der Waals surface area contributed by atoms with Crippen molar-refractivity contribution in [2.75, 3.05) is 13.7 Å². The molecule has 190 valence electrons. The van der Waals surface area contributed by atoms with E-state index in [9.17, 15) is 23.6 Å². The minimum absolute atomic E-state index is 0.0544. The second-order valence-electron chi connectivity index (χ2n) is 8.20. The fourth-order valence-electron chi connectivity index (χ4n) is 3.59. The number of rotatable bonds is 9. The van der Waals surface area contributed by atoms with Crippen LogP contribution in [0.4, 0.5) is 4.39 Å². The second kappa shape index (κ2) is 11.2. The van der Waals surface area contributed by atoms with Crippen molar-refractivity contribution in [1.29, 1.82) is 0 Å². The van der Waals surface area contributed by atoms with Crippen LogP contribution in [-0.2, 0) is 27.4 Å². The Balaban J connectivity index is 1.78. The Hall–Kier alpha value is -3.99. The van der Waals surface area contributed by atoms with Gasteiger partial charge in [-0.1, -0.05) is 23.7 Å². The SMILES string of the molecule is COC(=O)c1ccc2c(c1)c(C(N)=O)nn2CC(=O)N(CC(=O)NCc1cccc(Cl)c1F)C(C)C. The van der Waals surface area contributed by atoms with Crippen LogP contribution in [0.25, 0.3) is 10.9 Å². The Morgan fingerprint density at radius 3 is 2.58 bits per heavy atom. The molecule has 3 amide bonds. The fraction of sp³-hybridized carbons (Fsp3) is 0.292. The molecule has 3 N–H and O–H groups in total. The van der Waals surface area contributed by atoms with Gasteiger partial charge in [-0.05, 0) is 38.1 Å². The molecule has 36 heavy (non-hydrogen) atoms. The molecule has 12 heteroatoms. The van der Waals surface area contributed by atoms with Gasteiger partial charge in [0.15, 0.2) is 5.69 Å². The van der Waals surface area contributed by atoms with Gasteiger partial charge in [-0.2, -0.15) is 5.10 Å². The molecule has 0 saturated heterocycles. The van der Waals surface area contributed by atoms with E-state index in [1.54, 1.807) is 19.9 Å². The molecule has 0 fully saturated rings. The molecule has 1 aromatic heterocycles. The van der Waals surface area contributed by atoms with E-state index in [1.165, 1.54) is 47.0 Å². The number of methoxy groups -OCH3 is 1. The van der Waals surface area contributed by atoms with E-state index in [0.717, 1.165) is 0 Å². The van der Waals surface area contributed by atoms with Crippen LogP contribution in [0.1, 0.15) is 40.3 Å². The highest BCUT2D eigenvalue weighted by atomic mass is 35.5. The average molecular weight is 518 g/mol. The summed E-state index contributed by atoms with van der Waals surface area (Å²) in [4.78, 5) is 50.8. The van der Waals surface area contributed by atoms with Gasteiger partial charge in [0.05, 0.1) is 29.8 Å². The van der Waals surface area contributed by atoms with Gasteiger partial charge < -0.3 is 20.7 Å². The molecular weight excluding hydrogens is 493 g/mol. The first-order valence-corrected chi connectivity index (χ1v) is 11.3. The predicted molar refractivity (Wildman–Crippen MR) is 130 cm³/mol. The number of esters is 1. The van der Waals surface area contributed by atoms with Gasteiger partial charge in [-0.3, -0.25) is 19.1 Å². The first kappa shape index (κ1) is 26.6. The third kappa shape index (κ3) is 5.80. The summed E-state index contributed by atoms with van der Waals surface area (Å²) in [6.45, 7) is 2.80. The molecule has 3 aromatic rings. The molecule has 0 saturated carbocycles. The van der Waals surface area contributed by atoms with Crippen LogP contribution in [-0.4, -0.2) is 58.1 Å². The van der Waals surface area contributed by atoms with Crippen molar-refractivity contribution in [3.05, 3.63) is 64.1 Å². The number of carbonyl (C=O) groups excluding carboxylic acids is 4. The highest BCUT2D eigenvalue weighted by Gasteiger charge is 2.24. The lowest BCUT2D eigenvalue weighted by Crippen LogP contribution is -2.45. The maximum atomic E-state index is 14.1. The lowest BCUT2D eigenvalue weighted by Gasteiger charge is -2.26. The van der Waals surface area contributed by atoms with Gasteiger partial charge in [-0.15, -0.1) is 0 Å². The third-order valence-corrected chi connectivity index (χ3v) is 5.75. The molecule has 0 spiro atoms. The van der Waals surface area contributed by atoms with Crippen molar-refractivity contribution in [3.8, 4) is 0 Å². The number of nitrogens with zero attached hydrogens (tertiary/aromatic N) is 3. The lowest BCUT2D eigenvalue weighted by molar-refractivity contribution is -0.138. The lowest BCUT2D eigenvalue weighted by atomic mass is 10.1. The van der Waals surface area contributed by atoms with E-state index in [-0.39, 0.29) is 52.9 Å². The number of nitrogens with one attached hydrogen (secondary N) is 1. The number of ether oxygens (including phenoxy) is 1. The van der Waals surface area contributed by atoms with Crippen LogP contribution in [0.15, 0.2) is 36.4 Å². The predicted octanol–water partition coefficient (Wildman–Crippen LogP) is 2.27. The maximum Gasteiger partial charge on any atom is 0.337 e. The van der Waals surface area contributed by atoms with Crippen LogP contribution in [0, 0.1) is 5.82 Å². The molecule has 3 rings (SSSR count). The summed E-state index contributed by atoms with van der Waals surface area (Å²) in [7, 11) is 1.23. The van der Waals surface area contributed by atoms with Crippen molar-refractivity contribution < 1.29 is 28.3 Å². The molecule has 2 aromatic carbocycles. The average Bonchev–Trinajstić information content (AvgIpc) is 3.20. The summed E-state index contributed by atoms with van der Waals surface area (Å²) in [5.74, 6) is -3.01. The molecular formula is C24H25ClFN5O5. The van der Waals surface area contributed by atoms with E-state index in [1.807, 2.05) is 0 Å². The highest BCUT2D eigenvalue weighted by molar-refractivity contribution is 6.30. The normalized spacial score (nSPS) is 10.9. The summed E-state index contributed by atoms with van der Waals surface area (Å²) >= 11 is 5.77. The van der Waals surface area contributed by atoms with Crippen molar-refractivity contribution >= 4 is 46.2 Å². The molecule has 0 unspecified atom stereocenters. The molecule has 0 aliphatic heterocycles. The number of nitrogens with two attached hydrogens (primary N) is 1. The summed E-state index contributed by atoms with van der Waals surface area (Å²) in [6, 6.07) is 8.54. The maximum absolute atomic E-state index is 14.1. The fourth-order valence-corrected chi connectivity index (χ4v) is 3.79. The Bertz CT molecular complexity index is 1340. The van der Waals surface area contributed by atoms with Crippen molar-refractivity contribution in [3.63, 3.8) is 0 Å². The zero-order valence-corrected chi connectivity index (χ0v) is 20.6. The van der Waals surface area contributed by atoms with Gasteiger partial charge >= 0.3 is 5.97 Å². The van der Waals surface area contributed by atoms with E-state index < -0.39 is 29.5 Å². The zero-order valence-electron chi connectivity index (χ0n) is 19.9. The summed E-state index contributed by atoms with van der Waals surface area (Å²) in [5.41, 5.74) is 6.14. The topological polar surface area (TPSA) is 137 Å². The zero-order chi connectivity index (χ0) is 26.6. The van der Waals surface area contributed by atoms with Gasteiger partial charge in [0, 0.05) is 23.5 Å². The van der Waals surface area contributed by atoms with Crippen LogP contribution in [0.5, 0.6) is 0 Å². The third-order valence-electron chi connectivity index (χ3n) is 5.46. The van der Waals surface area contributed by atoms with Crippen LogP contribution in [0.3, 0.4) is 0 Å². The van der Waals surface area contributed by atoms with E-state index in [0.29, 0.717) is 5.52 Å². The van der Waals surface area contributed by atoms with Gasteiger partial charge in [0.25, 0.3) is 5.91 Å². The standard InChI is InChI=1S/C24H25ClFN5O5/c1-13(2)30(11-19(32)28-10-15-5-4-6-17(25)21(15)26)20(33)12-31-18-8-7-14(24(35)36-3)9-16(18)22(29-31)23(27)34/h4-9,13H,10-12H2,1-3H3,(H2,27,34)(H,28,32). The summed E-state index contributed by atoms with van der Waals surface area (Å²) < 4.78 is 20.1. The Morgan fingerprint density at radius 2 is 1.94 bits per heavy atom.